The lowest BCUT2D eigenvalue weighted by atomic mass is 9.92. The van der Waals surface area contributed by atoms with E-state index in [1.165, 1.54) is 6.42 Å². The van der Waals surface area contributed by atoms with Crippen molar-refractivity contribution in [3.05, 3.63) is 0 Å². The average Bonchev–Trinajstić information content (AvgIpc) is 2.73. The van der Waals surface area contributed by atoms with E-state index in [0.717, 1.165) is 26.0 Å². The van der Waals surface area contributed by atoms with Gasteiger partial charge in [0.25, 0.3) is 0 Å². The average molecular weight is 255 g/mol. The van der Waals surface area contributed by atoms with Crippen molar-refractivity contribution in [3.8, 4) is 0 Å². The number of ether oxygens (including phenoxy) is 2. The highest BCUT2D eigenvalue weighted by atomic mass is 16.5. The molecule has 2 rings (SSSR count). The molecule has 1 N–H and O–H groups in total. The first-order chi connectivity index (χ1) is 8.56. The van der Waals surface area contributed by atoms with Gasteiger partial charge >= 0.3 is 0 Å². The van der Waals surface area contributed by atoms with Crippen LogP contribution in [0.4, 0.5) is 0 Å². The lowest BCUT2D eigenvalue weighted by Gasteiger charge is -2.34. The number of hydrogen-bond donors (Lipinski definition) is 1. The van der Waals surface area contributed by atoms with Gasteiger partial charge in [-0.1, -0.05) is 13.8 Å². The van der Waals surface area contributed by atoms with Gasteiger partial charge in [-0.2, -0.15) is 0 Å². The highest BCUT2D eigenvalue weighted by Gasteiger charge is 2.32. The fraction of sp³-hybridized carbons (Fsp3) is 1.00. The van der Waals surface area contributed by atoms with E-state index in [1.807, 2.05) is 0 Å². The summed E-state index contributed by atoms with van der Waals surface area (Å²) in [6, 6.07) is 0.622. The van der Waals surface area contributed by atoms with Gasteiger partial charge in [-0.3, -0.25) is 0 Å². The molecule has 2 fully saturated rings. The molecule has 0 aromatic carbocycles. The normalized spacial score (nSPS) is 41.5. The van der Waals surface area contributed by atoms with Crippen LogP contribution < -0.4 is 5.32 Å². The molecule has 106 valence electrons. The van der Waals surface area contributed by atoms with Crippen LogP contribution in [0.25, 0.3) is 0 Å². The Labute approximate surface area is 112 Å². The topological polar surface area (TPSA) is 30.5 Å². The summed E-state index contributed by atoms with van der Waals surface area (Å²) < 4.78 is 11.6. The summed E-state index contributed by atoms with van der Waals surface area (Å²) >= 11 is 0. The lowest BCUT2D eigenvalue weighted by molar-refractivity contribution is -0.0430. The summed E-state index contributed by atoms with van der Waals surface area (Å²) in [7, 11) is 0. The van der Waals surface area contributed by atoms with E-state index < -0.39 is 0 Å². The third kappa shape index (κ3) is 3.69. The molecule has 0 aliphatic carbocycles. The number of hydrogen-bond acceptors (Lipinski definition) is 3. The van der Waals surface area contributed by atoms with Gasteiger partial charge in [-0.15, -0.1) is 0 Å². The zero-order valence-electron chi connectivity index (χ0n) is 12.3. The number of nitrogens with one attached hydrogen (secondary N) is 1. The predicted molar refractivity (Wildman–Crippen MR) is 73.7 cm³/mol. The minimum Gasteiger partial charge on any atom is -0.378 e. The SMILES string of the molecule is CC(C)[C@H]1OCC[C@@H]1CNC1C[C@H](C)O[C@@H](C)C1. The largest absolute Gasteiger partial charge is 0.378 e. The molecule has 2 saturated heterocycles. The van der Waals surface area contributed by atoms with Crippen LogP contribution in [-0.4, -0.2) is 37.5 Å². The summed E-state index contributed by atoms with van der Waals surface area (Å²) in [5, 5.41) is 3.75. The first-order valence-electron chi connectivity index (χ1n) is 7.56. The molecule has 0 saturated carbocycles. The Kier molecular flexibility index (Phi) is 5.05. The van der Waals surface area contributed by atoms with Crippen molar-refractivity contribution in [1.82, 2.24) is 5.32 Å². The van der Waals surface area contributed by atoms with Gasteiger partial charge in [0.2, 0.25) is 0 Å². The second kappa shape index (κ2) is 6.36. The molecule has 2 heterocycles. The summed E-state index contributed by atoms with van der Waals surface area (Å²) in [6.07, 6.45) is 4.74. The molecular formula is C15H29NO2. The molecule has 4 atom stereocenters. The van der Waals surface area contributed by atoms with Crippen LogP contribution in [-0.2, 0) is 9.47 Å². The molecule has 0 aromatic heterocycles. The Balaban J connectivity index is 1.77. The van der Waals surface area contributed by atoms with E-state index in [2.05, 4.69) is 33.0 Å². The van der Waals surface area contributed by atoms with Crippen molar-refractivity contribution in [2.24, 2.45) is 11.8 Å². The van der Waals surface area contributed by atoms with Gasteiger partial charge in [0, 0.05) is 19.2 Å². The monoisotopic (exact) mass is 255 g/mol. The summed E-state index contributed by atoms with van der Waals surface area (Å²) in [6.45, 7) is 10.9. The van der Waals surface area contributed by atoms with Gasteiger partial charge in [0.15, 0.2) is 0 Å². The zero-order chi connectivity index (χ0) is 13.1. The van der Waals surface area contributed by atoms with Crippen LogP contribution in [0.3, 0.4) is 0 Å². The maximum Gasteiger partial charge on any atom is 0.0639 e. The van der Waals surface area contributed by atoms with Crippen molar-refractivity contribution in [3.63, 3.8) is 0 Å². The van der Waals surface area contributed by atoms with E-state index in [-0.39, 0.29) is 0 Å². The molecule has 3 heteroatoms. The molecular weight excluding hydrogens is 226 g/mol. The molecule has 2 aliphatic heterocycles. The Morgan fingerprint density at radius 3 is 2.44 bits per heavy atom. The van der Waals surface area contributed by atoms with E-state index in [9.17, 15) is 0 Å². The molecule has 0 spiro atoms. The third-order valence-electron chi connectivity index (χ3n) is 4.29. The quantitative estimate of drug-likeness (QED) is 0.837. The smallest absolute Gasteiger partial charge is 0.0639 e. The molecule has 18 heavy (non-hydrogen) atoms. The summed E-state index contributed by atoms with van der Waals surface area (Å²) in [5.41, 5.74) is 0. The molecule has 0 aromatic rings. The van der Waals surface area contributed by atoms with Crippen molar-refractivity contribution < 1.29 is 9.47 Å². The highest BCUT2D eigenvalue weighted by molar-refractivity contribution is 4.84. The van der Waals surface area contributed by atoms with E-state index in [4.69, 9.17) is 9.47 Å². The second-order valence-corrected chi connectivity index (χ2v) is 6.46. The van der Waals surface area contributed by atoms with Gasteiger partial charge in [0.1, 0.15) is 0 Å². The summed E-state index contributed by atoms with van der Waals surface area (Å²) in [4.78, 5) is 0. The maximum atomic E-state index is 5.84. The molecule has 0 amide bonds. The van der Waals surface area contributed by atoms with Gasteiger partial charge in [-0.25, -0.2) is 0 Å². The standard InChI is InChI=1S/C15H29NO2/c1-10(2)15-13(5-6-17-15)9-16-14-7-11(3)18-12(4)8-14/h10-16H,5-9H2,1-4H3/t11-,12-,13+,15+/m0/s1. The molecule has 0 radical (unpaired) electrons. The fourth-order valence-corrected chi connectivity index (χ4v) is 3.50. The summed E-state index contributed by atoms with van der Waals surface area (Å²) in [5.74, 6) is 1.32. The second-order valence-electron chi connectivity index (χ2n) is 6.46. The minimum atomic E-state index is 0.395. The fourth-order valence-electron chi connectivity index (χ4n) is 3.50. The van der Waals surface area contributed by atoms with Crippen LogP contribution >= 0.6 is 0 Å². The van der Waals surface area contributed by atoms with Crippen molar-refractivity contribution >= 4 is 0 Å². The van der Waals surface area contributed by atoms with Gasteiger partial charge < -0.3 is 14.8 Å². The van der Waals surface area contributed by atoms with Gasteiger partial charge in [-0.05, 0) is 44.9 Å². The van der Waals surface area contributed by atoms with Crippen molar-refractivity contribution in [2.45, 2.75) is 71.3 Å². The van der Waals surface area contributed by atoms with Gasteiger partial charge in [0.05, 0.1) is 18.3 Å². The maximum absolute atomic E-state index is 5.84. The Bertz CT molecular complexity index is 247. The molecule has 0 unspecified atom stereocenters. The van der Waals surface area contributed by atoms with E-state index in [1.54, 1.807) is 0 Å². The zero-order valence-corrected chi connectivity index (χ0v) is 12.3. The molecule has 0 bridgehead atoms. The Morgan fingerprint density at radius 1 is 1.17 bits per heavy atom. The predicted octanol–water partition coefficient (Wildman–Crippen LogP) is 2.59. The van der Waals surface area contributed by atoms with E-state index in [0.29, 0.717) is 36.2 Å². The number of rotatable bonds is 4. The minimum absolute atomic E-state index is 0.395. The third-order valence-corrected chi connectivity index (χ3v) is 4.29. The van der Waals surface area contributed by atoms with Crippen molar-refractivity contribution in [1.29, 1.82) is 0 Å². The Morgan fingerprint density at radius 2 is 1.83 bits per heavy atom. The van der Waals surface area contributed by atoms with Crippen molar-refractivity contribution in [2.75, 3.05) is 13.2 Å². The van der Waals surface area contributed by atoms with Crippen LogP contribution in [0.5, 0.6) is 0 Å². The van der Waals surface area contributed by atoms with Crippen LogP contribution in [0.2, 0.25) is 0 Å². The molecule has 3 nitrogen and oxygen atoms in total. The first kappa shape index (κ1) is 14.3. The van der Waals surface area contributed by atoms with E-state index >= 15 is 0 Å². The van der Waals surface area contributed by atoms with Crippen LogP contribution in [0.15, 0.2) is 0 Å². The first-order valence-corrected chi connectivity index (χ1v) is 7.56. The van der Waals surface area contributed by atoms with Crippen LogP contribution in [0, 0.1) is 11.8 Å². The molecule has 2 aliphatic rings. The highest BCUT2D eigenvalue weighted by Crippen LogP contribution is 2.27. The lowest BCUT2D eigenvalue weighted by Crippen LogP contribution is -2.44. The Hall–Kier alpha value is -0.120. The van der Waals surface area contributed by atoms with Crippen LogP contribution in [0.1, 0.15) is 47.0 Å².